The maximum Gasteiger partial charge on any atom is 0.163 e. The van der Waals surface area contributed by atoms with Crippen molar-refractivity contribution in [2.75, 3.05) is 5.32 Å². The number of hydrogen-bond donors (Lipinski definition) is 2. The topological polar surface area (TPSA) is 76.7 Å². The van der Waals surface area contributed by atoms with Crippen LogP contribution in [0.25, 0.3) is 10.9 Å². The number of benzene rings is 1. The fourth-order valence-corrected chi connectivity index (χ4v) is 2.37. The Bertz CT molecular complexity index is 836. The van der Waals surface area contributed by atoms with E-state index in [-0.39, 0.29) is 4.99 Å². The molecule has 3 N–H and O–H groups in total. The molecule has 0 fully saturated rings. The molecular formula is C14H10ClN5S. The molecule has 1 aromatic carbocycles. The van der Waals surface area contributed by atoms with Gasteiger partial charge in [0, 0.05) is 11.6 Å². The number of rotatable bonds is 3. The Morgan fingerprint density at radius 1 is 1.19 bits per heavy atom. The van der Waals surface area contributed by atoms with Gasteiger partial charge in [-0.15, -0.1) is 5.10 Å². The van der Waals surface area contributed by atoms with Gasteiger partial charge in [-0.2, -0.15) is 5.10 Å². The molecule has 7 heteroatoms. The standard InChI is InChI=1S/C14H10ClN5S/c15-10-3-4-11(12-8(10)2-1-6-17-12)19-14-9(13(16)21)5-7-18-20-14/h1-7H,(H2,16,21)(H,19,20). The van der Waals surface area contributed by atoms with Crippen LogP contribution in [0.5, 0.6) is 0 Å². The van der Waals surface area contributed by atoms with Gasteiger partial charge in [-0.25, -0.2) is 0 Å². The van der Waals surface area contributed by atoms with Crippen molar-refractivity contribution < 1.29 is 0 Å². The van der Waals surface area contributed by atoms with Crippen molar-refractivity contribution >= 4 is 51.2 Å². The van der Waals surface area contributed by atoms with E-state index in [4.69, 9.17) is 29.6 Å². The van der Waals surface area contributed by atoms with Crippen LogP contribution in [0.3, 0.4) is 0 Å². The minimum absolute atomic E-state index is 0.249. The van der Waals surface area contributed by atoms with Crippen molar-refractivity contribution in [1.82, 2.24) is 15.2 Å². The zero-order chi connectivity index (χ0) is 14.8. The first-order chi connectivity index (χ1) is 10.2. The molecule has 2 aromatic heterocycles. The van der Waals surface area contributed by atoms with Crippen LogP contribution in [0.2, 0.25) is 5.02 Å². The van der Waals surface area contributed by atoms with Gasteiger partial charge in [-0.05, 0) is 30.3 Å². The SMILES string of the molecule is NC(=S)c1ccnnc1Nc1ccc(Cl)c2cccnc12. The minimum atomic E-state index is 0.249. The van der Waals surface area contributed by atoms with Crippen molar-refractivity contribution in [3.05, 3.63) is 53.3 Å². The number of aromatic nitrogens is 3. The Balaban J connectivity index is 2.11. The summed E-state index contributed by atoms with van der Waals surface area (Å²) in [7, 11) is 0. The van der Waals surface area contributed by atoms with E-state index < -0.39 is 0 Å². The molecule has 0 radical (unpaired) electrons. The predicted octanol–water partition coefficient (Wildman–Crippen LogP) is 3.06. The van der Waals surface area contributed by atoms with Crippen LogP contribution in [0.15, 0.2) is 42.7 Å². The van der Waals surface area contributed by atoms with E-state index in [2.05, 4.69) is 20.5 Å². The molecule has 104 valence electrons. The number of nitrogens with zero attached hydrogens (tertiary/aromatic N) is 3. The van der Waals surface area contributed by atoms with Crippen molar-refractivity contribution in [1.29, 1.82) is 0 Å². The summed E-state index contributed by atoms with van der Waals surface area (Å²) in [6, 6.07) is 9.07. The smallest absolute Gasteiger partial charge is 0.163 e. The van der Waals surface area contributed by atoms with E-state index in [0.29, 0.717) is 16.4 Å². The number of halogens is 1. The lowest BCUT2D eigenvalue weighted by atomic mass is 10.2. The van der Waals surface area contributed by atoms with Crippen LogP contribution in [0.4, 0.5) is 11.5 Å². The summed E-state index contributed by atoms with van der Waals surface area (Å²) in [5, 5.41) is 12.5. The third-order valence-corrected chi connectivity index (χ3v) is 3.51. The van der Waals surface area contributed by atoms with Crippen molar-refractivity contribution in [3.8, 4) is 0 Å². The summed E-state index contributed by atoms with van der Waals surface area (Å²) in [5.74, 6) is 0.485. The molecule has 0 spiro atoms. The Kier molecular flexibility index (Phi) is 3.64. The summed E-state index contributed by atoms with van der Waals surface area (Å²) in [4.78, 5) is 4.60. The Morgan fingerprint density at radius 2 is 2.05 bits per heavy atom. The third-order valence-electron chi connectivity index (χ3n) is 2.96. The van der Waals surface area contributed by atoms with E-state index in [0.717, 1.165) is 16.6 Å². The fraction of sp³-hybridized carbons (Fsp3) is 0. The Labute approximate surface area is 131 Å². The normalized spacial score (nSPS) is 10.5. The van der Waals surface area contributed by atoms with E-state index in [1.807, 2.05) is 18.2 Å². The summed E-state index contributed by atoms with van der Waals surface area (Å²) in [6.07, 6.45) is 3.24. The van der Waals surface area contributed by atoms with Gasteiger partial charge in [0.25, 0.3) is 0 Å². The molecule has 0 aliphatic rings. The fourth-order valence-electron chi connectivity index (χ4n) is 1.99. The molecular weight excluding hydrogens is 306 g/mol. The molecule has 0 saturated carbocycles. The molecule has 5 nitrogen and oxygen atoms in total. The summed E-state index contributed by atoms with van der Waals surface area (Å²) < 4.78 is 0. The first kappa shape index (κ1) is 13.7. The van der Waals surface area contributed by atoms with Crippen LogP contribution < -0.4 is 11.1 Å². The lowest BCUT2D eigenvalue weighted by molar-refractivity contribution is 1.03. The molecule has 0 atom stereocenters. The van der Waals surface area contributed by atoms with Crippen LogP contribution in [-0.4, -0.2) is 20.2 Å². The average molecular weight is 316 g/mol. The minimum Gasteiger partial charge on any atom is -0.389 e. The summed E-state index contributed by atoms with van der Waals surface area (Å²) in [6.45, 7) is 0. The molecule has 3 rings (SSSR count). The van der Waals surface area contributed by atoms with Gasteiger partial charge in [-0.1, -0.05) is 23.8 Å². The highest BCUT2D eigenvalue weighted by Gasteiger charge is 2.10. The van der Waals surface area contributed by atoms with Crippen LogP contribution in [0.1, 0.15) is 5.56 Å². The van der Waals surface area contributed by atoms with Crippen LogP contribution in [0, 0.1) is 0 Å². The van der Waals surface area contributed by atoms with Gasteiger partial charge in [0.1, 0.15) is 4.99 Å². The van der Waals surface area contributed by atoms with E-state index in [9.17, 15) is 0 Å². The summed E-state index contributed by atoms with van der Waals surface area (Å²) >= 11 is 11.2. The molecule has 3 aromatic rings. The zero-order valence-electron chi connectivity index (χ0n) is 10.7. The molecule has 0 bridgehead atoms. The number of hydrogen-bond acceptors (Lipinski definition) is 5. The van der Waals surface area contributed by atoms with Gasteiger partial charge in [0.05, 0.1) is 28.0 Å². The Hall–Kier alpha value is -2.31. The van der Waals surface area contributed by atoms with Gasteiger partial charge >= 0.3 is 0 Å². The lowest BCUT2D eigenvalue weighted by Gasteiger charge is -2.11. The number of pyridine rings is 1. The molecule has 0 amide bonds. The lowest BCUT2D eigenvalue weighted by Crippen LogP contribution is -2.13. The Morgan fingerprint density at radius 3 is 2.86 bits per heavy atom. The van der Waals surface area contributed by atoms with Crippen molar-refractivity contribution in [2.45, 2.75) is 0 Å². The number of fused-ring (bicyclic) bond motifs is 1. The first-order valence-corrected chi connectivity index (χ1v) is 6.87. The van der Waals surface area contributed by atoms with E-state index >= 15 is 0 Å². The first-order valence-electron chi connectivity index (χ1n) is 6.08. The summed E-state index contributed by atoms with van der Waals surface area (Å²) in [5.41, 5.74) is 7.81. The number of anilines is 2. The molecule has 0 unspecified atom stereocenters. The average Bonchev–Trinajstić information content (AvgIpc) is 2.51. The largest absolute Gasteiger partial charge is 0.389 e. The monoisotopic (exact) mass is 315 g/mol. The molecule has 0 aliphatic heterocycles. The number of nitrogens with one attached hydrogen (secondary N) is 1. The second kappa shape index (κ2) is 5.59. The maximum atomic E-state index is 6.18. The predicted molar refractivity (Wildman–Crippen MR) is 88.0 cm³/mol. The quantitative estimate of drug-likeness (QED) is 0.723. The van der Waals surface area contributed by atoms with E-state index in [1.165, 1.54) is 6.20 Å². The molecule has 21 heavy (non-hydrogen) atoms. The highest BCUT2D eigenvalue weighted by atomic mass is 35.5. The van der Waals surface area contributed by atoms with Gasteiger partial charge in [0.15, 0.2) is 5.82 Å². The van der Waals surface area contributed by atoms with Gasteiger partial charge < -0.3 is 11.1 Å². The third kappa shape index (κ3) is 2.63. The molecule has 2 heterocycles. The number of thiocarbonyl (C=S) groups is 1. The van der Waals surface area contributed by atoms with Crippen molar-refractivity contribution in [3.63, 3.8) is 0 Å². The van der Waals surface area contributed by atoms with Gasteiger partial charge in [0.2, 0.25) is 0 Å². The van der Waals surface area contributed by atoms with Crippen LogP contribution >= 0.6 is 23.8 Å². The van der Waals surface area contributed by atoms with Crippen molar-refractivity contribution in [2.24, 2.45) is 5.73 Å². The highest BCUT2D eigenvalue weighted by molar-refractivity contribution is 7.80. The van der Waals surface area contributed by atoms with E-state index in [1.54, 1.807) is 18.3 Å². The zero-order valence-corrected chi connectivity index (χ0v) is 12.3. The molecule has 0 saturated heterocycles. The van der Waals surface area contributed by atoms with Crippen LogP contribution in [-0.2, 0) is 0 Å². The molecule has 0 aliphatic carbocycles. The highest BCUT2D eigenvalue weighted by Crippen LogP contribution is 2.30. The maximum absolute atomic E-state index is 6.18. The second-order valence-corrected chi connectivity index (χ2v) is 5.12. The second-order valence-electron chi connectivity index (χ2n) is 4.28. The number of nitrogens with two attached hydrogens (primary N) is 1. The van der Waals surface area contributed by atoms with Gasteiger partial charge in [-0.3, -0.25) is 4.98 Å².